The highest BCUT2D eigenvalue weighted by Gasteiger charge is 2.19. The van der Waals surface area contributed by atoms with Crippen LogP contribution in [0.25, 0.3) is 0 Å². The van der Waals surface area contributed by atoms with Gasteiger partial charge in [-0.2, -0.15) is 0 Å². The minimum atomic E-state index is -0.802. The molecule has 1 aromatic rings. The molecule has 1 rings (SSSR count). The Balaban J connectivity index is 2.24. The summed E-state index contributed by atoms with van der Waals surface area (Å²) < 4.78 is 5.20. The molecule has 3 nitrogen and oxygen atoms in total. The molecule has 0 amide bonds. The van der Waals surface area contributed by atoms with Gasteiger partial charge in [0.15, 0.2) is 0 Å². The van der Waals surface area contributed by atoms with E-state index in [0.29, 0.717) is 17.2 Å². The number of rotatable bonds is 9. The molecule has 0 aliphatic heterocycles. The lowest BCUT2D eigenvalue weighted by Gasteiger charge is -2.13. The highest BCUT2D eigenvalue weighted by atomic mass is 35.5. The van der Waals surface area contributed by atoms with Crippen LogP contribution in [0.3, 0.4) is 0 Å². The molecule has 0 bridgehead atoms. The highest BCUT2D eigenvalue weighted by molar-refractivity contribution is 6.31. The zero-order valence-electron chi connectivity index (χ0n) is 12.1. The number of hydrogen-bond acceptors (Lipinski definition) is 3. The number of ether oxygens (including phenoxy) is 1. The van der Waals surface area contributed by atoms with Crippen LogP contribution < -0.4 is 5.73 Å². The van der Waals surface area contributed by atoms with Crippen molar-refractivity contribution in [3.8, 4) is 0 Å². The van der Waals surface area contributed by atoms with Crippen molar-refractivity contribution >= 4 is 17.6 Å². The maximum atomic E-state index is 11.8. The Morgan fingerprint density at radius 3 is 2.55 bits per heavy atom. The van der Waals surface area contributed by atoms with E-state index in [9.17, 15) is 4.79 Å². The van der Waals surface area contributed by atoms with Crippen molar-refractivity contribution in [2.24, 2.45) is 5.73 Å². The monoisotopic (exact) mass is 297 g/mol. The molecular weight excluding hydrogens is 274 g/mol. The van der Waals surface area contributed by atoms with Gasteiger partial charge >= 0.3 is 5.97 Å². The van der Waals surface area contributed by atoms with E-state index in [1.807, 2.05) is 6.07 Å². The van der Waals surface area contributed by atoms with E-state index >= 15 is 0 Å². The first-order valence-corrected chi connectivity index (χ1v) is 7.71. The summed E-state index contributed by atoms with van der Waals surface area (Å²) in [5.41, 5.74) is 6.47. The van der Waals surface area contributed by atoms with Crippen LogP contribution in [0.4, 0.5) is 0 Å². The topological polar surface area (TPSA) is 52.3 Å². The third-order valence-corrected chi connectivity index (χ3v) is 3.58. The van der Waals surface area contributed by atoms with Crippen molar-refractivity contribution in [2.75, 3.05) is 6.61 Å². The lowest BCUT2D eigenvalue weighted by Crippen LogP contribution is -2.24. The van der Waals surface area contributed by atoms with Crippen LogP contribution in [0.15, 0.2) is 24.3 Å². The molecule has 0 aliphatic carbocycles. The zero-order chi connectivity index (χ0) is 14.8. The highest BCUT2D eigenvalue weighted by Crippen LogP contribution is 2.21. The predicted molar refractivity (Wildman–Crippen MR) is 82.7 cm³/mol. The van der Waals surface area contributed by atoms with E-state index in [2.05, 4.69) is 6.92 Å². The fraction of sp³-hybridized carbons (Fsp3) is 0.562. The normalized spacial score (nSPS) is 12.2. The first-order valence-electron chi connectivity index (χ1n) is 7.33. The Morgan fingerprint density at radius 2 is 1.85 bits per heavy atom. The number of carbonyl (C=O) groups excluding carboxylic acids is 1. The summed E-state index contributed by atoms with van der Waals surface area (Å²) in [5.74, 6) is -0.411. The minimum Gasteiger partial charge on any atom is -0.464 e. The summed E-state index contributed by atoms with van der Waals surface area (Å²) in [4.78, 5) is 11.8. The number of halogens is 1. The van der Waals surface area contributed by atoms with E-state index in [1.165, 1.54) is 25.7 Å². The van der Waals surface area contributed by atoms with Gasteiger partial charge in [0.2, 0.25) is 0 Å². The summed E-state index contributed by atoms with van der Waals surface area (Å²) >= 11 is 6.01. The van der Waals surface area contributed by atoms with Gasteiger partial charge in [-0.05, 0) is 18.1 Å². The van der Waals surface area contributed by atoms with Crippen molar-refractivity contribution < 1.29 is 9.53 Å². The van der Waals surface area contributed by atoms with Gasteiger partial charge in [-0.3, -0.25) is 0 Å². The molecule has 0 aromatic heterocycles. The zero-order valence-corrected chi connectivity index (χ0v) is 12.9. The molecule has 20 heavy (non-hydrogen) atoms. The Morgan fingerprint density at radius 1 is 1.20 bits per heavy atom. The molecule has 0 aliphatic rings. The van der Waals surface area contributed by atoms with Crippen LogP contribution >= 0.6 is 11.6 Å². The molecular formula is C16H24ClNO2. The van der Waals surface area contributed by atoms with Gasteiger partial charge in [0.1, 0.15) is 6.04 Å². The van der Waals surface area contributed by atoms with Crippen LogP contribution in [-0.2, 0) is 9.53 Å². The van der Waals surface area contributed by atoms with Crippen LogP contribution in [0.2, 0.25) is 5.02 Å². The van der Waals surface area contributed by atoms with Crippen molar-refractivity contribution in [1.82, 2.24) is 0 Å². The molecule has 0 unspecified atom stereocenters. The molecule has 0 fully saturated rings. The second kappa shape index (κ2) is 9.78. The fourth-order valence-electron chi connectivity index (χ4n) is 2.00. The lowest BCUT2D eigenvalue weighted by atomic mass is 10.1. The molecule has 112 valence electrons. The third-order valence-electron chi connectivity index (χ3n) is 3.24. The van der Waals surface area contributed by atoms with Crippen LogP contribution in [0.1, 0.15) is 57.1 Å². The van der Waals surface area contributed by atoms with Gasteiger partial charge in [-0.15, -0.1) is 0 Å². The molecule has 0 heterocycles. The first kappa shape index (κ1) is 17.0. The Labute approximate surface area is 126 Å². The van der Waals surface area contributed by atoms with Crippen molar-refractivity contribution in [3.05, 3.63) is 34.9 Å². The van der Waals surface area contributed by atoms with Crippen molar-refractivity contribution in [2.45, 2.75) is 51.5 Å². The summed E-state index contributed by atoms with van der Waals surface area (Å²) in [5, 5.41) is 0.497. The van der Waals surface area contributed by atoms with Crippen molar-refractivity contribution in [3.63, 3.8) is 0 Å². The second-order valence-electron chi connectivity index (χ2n) is 4.93. The van der Waals surface area contributed by atoms with E-state index in [0.717, 1.165) is 12.8 Å². The number of benzene rings is 1. The van der Waals surface area contributed by atoms with Gasteiger partial charge in [-0.1, -0.05) is 68.8 Å². The van der Waals surface area contributed by atoms with Crippen LogP contribution in [0.5, 0.6) is 0 Å². The Kier molecular flexibility index (Phi) is 8.31. The largest absolute Gasteiger partial charge is 0.464 e. The number of esters is 1. The summed E-state index contributed by atoms with van der Waals surface area (Å²) in [6.07, 6.45) is 6.95. The van der Waals surface area contributed by atoms with Gasteiger partial charge < -0.3 is 10.5 Å². The van der Waals surface area contributed by atoms with Crippen LogP contribution in [0, 0.1) is 0 Å². The molecule has 0 saturated heterocycles. The lowest BCUT2D eigenvalue weighted by molar-refractivity contribution is -0.145. The minimum absolute atomic E-state index is 0.411. The number of carbonyl (C=O) groups is 1. The van der Waals surface area contributed by atoms with E-state index < -0.39 is 12.0 Å². The first-order chi connectivity index (χ1) is 9.66. The molecule has 0 spiro atoms. The smallest absolute Gasteiger partial charge is 0.327 e. The maximum absolute atomic E-state index is 11.8. The Hall–Kier alpha value is -1.06. The van der Waals surface area contributed by atoms with Gasteiger partial charge in [0.25, 0.3) is 0 Å². The Bertz CT molecular complexity index is 409. The molecule has 1 aromatic carbocycles. The number of nitrogens with two attached hydrogens (primary N) is 1. The SMILES string of the molecule is CCCCCCCCOC(=O)[C@H](N)c1ccccc1Cl. The van der Waals surface area contributed by atoms with Crippen molar-refractivity contribution in [1.29, 1.82) is 0 Å². The average molecular weight is 298 g/mol. The standard InChI is InChI=1S/C16H24ClNO2/c1-2-3-4-5-6-9-12-20-16(19)15(18)13-10-7-8-11-14(13)17/h7-8,10-11,15H,2-6,9,12,18H2,1H3/t15-/m1/s1. The fourth-order valence-corrected chi connectivity index (χ4v) is 2.25. The maximum Gasteiger partial charge on any atom is 0.327 e. The van der Waals surface area contributed by atoms with E-state index in [4.69, 9.17) is 22.1 Å². The number of hydrogen-bond donors (Lipinski definition) is 1. The van der Waals surface area contributed by atoms with Gasteiger partial charge in [0.05, 0.1) is 6.61 Å². The molecule has 2 N–H and O–H groups in total. The molecule has 1 atom stereocenters. The average Bonchev–Trinajstić information content (AvgIpc) is 2.46. The molecule has 4 heteroatoms. The third kappa shape index (κ3) is 5.93. The van der Waals surface area contributed by atoms with E-state index in [-0.39, 0.29) is 0 Å². The number of unbranched alkanes of at least 4 members (excludes halogenated alkanes) is 5. The van der Waals surface area contributed by atoms with Gasteiger partial charge in [-0.25, -0.2) is 4.79 Å². The summed E-state index contributed by atoms with van der Waals surface area (Å²) in [7, 11) is 0. The van der Waals surface area contributed by atoms with Gasteiger partial charge in [0, 0.05) is 5.02 Å². The second-order valence-corrected chi connectivity index (χ2v) is 5.34. The van der Waals surface area contributed by atoms with E-state index in [1.54, 1.807) is 18.2 Å². The summed E-state index contributed by atoms with van der Waals surface area (Å²) in [6.45, 7) is 2.63. The molecule has 0 saturated carbocycles. The predicted octanol–water partition coefficient (Wildman–Crippen LogP) is 4.24. The van der Waals surface area contributed by atoms with Crippen LogP contribution in [-0.4, -0.2) is 12.6 Å². The quantitative estimate of drug-likeness (QED) is 0.548. The molecule has 0 radical (unpaired) electrons. The summed E-state index contributed by atoms with van der Waals surface area (Å²) in [6, 6.07) is 6.28.